The lowest BCUT2D eigenvalue weighted by atomic mass is 9.88. The van der Waals surface area contributed by atoms with Crippen LogP contribution in [0.2, 0.25) is 0 Å². The van der Waals surface area contributed by atoms with Gasteiger partial charge in [0.15, 0.2) is 0 Å². The molecule has 3 heteroatoms. The molecule has 0 aromatic carbocycles. The number of rotatable bonds is 8. The smallest absolute Gasteiger partial charge is 0.317 e. The lowest BCUT2D eigenvalue weighted by Crippen LogP contribution is -2.29. The van der Waals surface area contributed by atoms with Gasteiger partial charge in [0.25, 0.3) is 0 Å². The molecular weight excluding hydrogens is 228 g/mol. The number of esters is 1. The standard InChI is InChI=1S/C15H26O3/c1-6-8-9-11(3)10-12(4)14(13(5)16)15(17)18-7-2/h10,12,14H,6-9H2,1-5H3/b11-10+. The van der Waals surface area contributed by atoms with Gasteiger partial charge in [0.05, 0.1) is 6.61 Å². The number of hydrogen-bond donors (Lipinski definition) is 0. The number of allylic oxidation sites excluding steroid dienone is 2. The van der Waals surface area contributed by atoms with E-state index in [0.29, 0.717) is 6.61 Å². The van der Waals surface area contributed by atoms with Crippen LogP contribution >= 0.6 is 0 Å². The number of unbranched alkanes of at least 4 members (excludes halogenated alkanes) is 1. The summed E-state index contributed by atoms with van der Waals surface area (Å²) in [6.07, 6.45) is 5.33. The van der Waals surface area contributed by atoms with Gasteiger partial charge >= 0.3 is 5.97 Å². The molecule has 2 unspecified atom stereocenters. The largest absolute Gasteiger partial charge is 0.465 e. The Morgan fingerprint density at radius 2 is 1.83 bits per heavy atom. The van der Waals surface area contributed by atoms with Crippen molar-refractivity contribution in [2.45, 2.75) is 53.9 Å². The molecule has 0 amide bonds. The van der Waals surface area contributed by atoms with E-state index >= 15 is 0 Å². The predicted molar refractivity (Wildman–Crippen MR) is 73.3 cm³/mol. The summed E-state index contributed by atoms with van der Waals surface area (Å²) in [7, 11) is 0. The Bertz CT molecular complexity index is 305. The van der Waals surface area contributed by atoms with Crippen LogP contribution < -0.4 is 0 Å². The van der Waals surface area contributed by atoms with Crippen LogP contribution in [0.3, 0.4) is 0 Å². The van der Waals surface area contributed by atoms with E-state index in [9.17, 15) is 9.59 Å². The Kier molecular flexibility index (Phi) is 8.34. The van der Waals surface area contributed by atoms with E-state index in [-0.39, 0.29) is 11.7 Å². The molecule has 0 N–H and O–H groups in total. The molecule has 0 aliphatic rings. The first-order valence-electron chi connectivity index (χ1n) is 6.78. The zero-order chi connectivity index (χ0) is 14.1. The molecule has 0 fully saturated rings. The third kappa shape index (κ3) is 5.99. The molecule has 0 spiro atoms. The SMILES string of the molecule is CCCC/C(C)=C/C(C)C(C(C)=O)C(=O)OCC. The highest BCUT2D eigenvalue weighted by Gasteiger charge is 2.29. The van der Waals surface area contributed by atoms with Gasteiger partial charge in [-0.1, -0.05) is 31.9 Å². The average molecular weight is 254 g/mol. The molecule has 0 saturated carbocycles. The van der Waals surface area contributed by atoms with Crippen LogP contribution in [-0.2, 0) is 14.3 Å². The third-order valence-corrected chi connectivity index (χ3v) is 2.98. The second-order valence-electron chi connectivity index (χ2n) is 4.82. The van der Waals surface area contributed by atoms with Crippen molar-refractivity contribution in [2.24, 2.45) is 11.8 Å². The van der Waals surface area contributed by atoms with Gasteiger partial charge in [0, 0.05) is 0 Å². The number of carbonyl (C=O) groups is 2. The Balaban J connectivity index is 4.71. The highest BCUT2D eigenvalue weighted by atomic mass is 16.5. The molecular formula is C15H26O3. The molecule has 104 valence electrons. The number of carbonyl (C=O) groups excluding carboxylic acids is 2. The van der Waals surface area contributed by atoms with Crippen LogP contribution in [0, 0.1) is 11.8 Å². The normalized spacial score (nSPS) is 15.1. The van der Waals surface area contributed by atoms with Gasteiger partial charge < -0.3 is 4.74 Å². The fourth-order valence-electron chi connectivity index (χ4n) is 2.07. The van der Waals surface area contributed by atoms with Gasteiger partial charge in [0.1, 0.15) is 11.7 Å². The molecule has 0 radical (unpaired) electrons. The molecule has 0 bridgehead atoms. The van der Waals surface area contributed by atoms with Crippen molar-refractivity contribution in [3.8, 4) is 0 Å². The summed E-state index contributed by atoms with van der Waals surface area (Å²) in [5, 5.41) is 0. The Labute approximate surface area is 111 Å². The molecule has 0 aliphatic heterocycles. The van der Waals surface area contributed by atoms with Gasteiger partial charge in [0.2, 0.25) is 0 Å². The fourth-order valence-corrected chi connectivity index (χ4v) is 2.07. The maximum atomic E-state index is 11.7. The minimum Gasteiger partial charge on any atom is -0.465 e. The Morgan fingerprint density at radius 3 is 2.28 bits per heavy atom. The van der Waals surface area contributed by atoms with Crippen LogP contribution in [0.5, 0.6) is 0 Å². The highest BCUT2D eigenvalue weighted by molar-refractivity contribution is 5.98. The number of ether oxygens (including phenoxy) is 1. The van der Waals surface area contributed by atoms with E-state index < -0.39 is 11.9 Å². The first-order valence-corrected chi connectivity index (χ1v) is 6.78. The van der Waals surface area contributed by atoms with Crippen molar-refractivity contribution in [3.05, 3.63) is 11.6 Å². The highest BCUT2D eigenvalue weighted by Crippen LogP contribution is 2.20. The van der Waals surface area contributed by atoms with Gasteiger partial charge in [-0.2, -0.15) is 0 Å². The molecule has 0 aromatic rings. The van der Waals surface area contributed by atoms with Crippen molar-refractivity contribution in [2.75, 3.05) is 6.61 Å². The zero-order valence-corrected chi connectivity index (χ0v) is 12.3. The van der Waals surface area contributed by atoms with Crippen LogP contribution in [0.4, 0.5) is 0 Å². The summed E-state index contributed by atoms with van der Waals surface area (Å²) in [6.45, 7) is 9.61. The van der Waals surface area contributed by atoms with E-state index in [1.54, 1.807) is 6.92 Å². The van der Waals surface area contributed by atoms with Crippen LogP contribution in [0.1, 0.15) is 53.9 Å². The van der Waals surface area contributed by atoms with E-state index in [1.807, 2.05) is 13.0 Å². The van der Waals surface area contributed by atoms with E-state index in [2.05, 4.69) is 13.8 Å². The molecule has 0 saturated heterocycles. The number of ketones is 1. The molecule has 2 atom stereocenters. The van der Waals surface area contributed by atoms with Crippen molar-refractivity contribution in [1.82, 2.24) is 0 Å². The summed E-state index contributed by atoms with van der Waals surface area (Å²) >= 11 is 0. The van der Waals surface area contributed by atoms with Crippen molar-refractivity contribution in [1.29, 1.82) is 0 Å². The maximum absolute atomic E-state index is 11.7. The Morgan fingerprint density at radius 1 is 1.22 bits per heavy atom. The summed E-state index contributed by atoms with van der Waals surface area (Å²) in [4.78, 5) is 23.3. The lowest BCUT2D eigenvalue weighted by Gasteiger charge is -2.18. The van der Waals surface area contributed by atoms with E-state index in [4.69, 9.17) is 4.74 Å². The summed E-state index contributed by atoms with van der Waals surface area (Å²) < 4.78 is 4.96. The van der Waals surface area contributed by atoms with E-state index in [0.717, 1.165) is 19.3 Å². The second-order valence-corrected chi connectivity index (χ2v) is 4.82. The van der Waals surface area contributed by atoms with Crippen LogP contribution in [0.25, 0.3) is 0 Å². The zero-order valence-electron chi connectivity index (χ0n) is 12.3. The summed E-state index contributed by atoms with van der Waals surface area (Å²) in [6, 6.07) is 0. The van der Waals surface area contributed by atoms with Crippen molar-refractivity contribution in [3.63, 3.8) is 0 Å². The summed E-state index contributed by atoms with van der Waals surface area (Å²) in [5.74, 6) is -1.29. The molecule has 0 aliphatic carbocycles. The third-order valence-electron chi connectivity index (χ3n) is 2.98. The maximum Gasteiger partial charge on any atom is 0.317 e. The van der Waals surface area contributed by atoms with Crippen LogP contribution in [0.15, 0.2) is 11.6 Å². The lowest BCUT2D eigenvalue weighted by molar-refractivity contribution is -0.152. The first kappa shape index (κ1) is 16.9. The Hall–Kier alpha value is -1.12. The topological polar surface area (TPSA) is 43.4 Å². The second kappa shape index (κ2) is 8.90. The molecule has 0 rings (SSSR count). The average Bonchev–Trinajstić information content (AvgIpc) is 2.26. The quantitative estimate of drug-likeness (QED) is 0.378. The van der Waals surface area contributed by atoms with E-state index in [1.165, 1.54) is 12.5 Å². The molecule has 0 heterocycles. The minimum absolute atomic E-state index is 0.0987. The van der Waals surface area contributed by atoms with Gasteiger partial charge in [-0.15, -0.1) is 0 Å². The number of hydrogen-bond acceptors (Lipinski definition) is 3. The van der Waals surface area contributed by atoms with Crippen molar-refractivity contribution < 1.29 is 14.3 Å². The minimum atomic E-state index is -0.665. The summed E-state index contributed by atoms with van der Waals surface area (Å²) in [5.41, 5.74) is 1.24. The molecule has 0 aromatic heterocycles. The van der Waals surface area contributed by atoms with Crippen LogP contribution in [-0.4, -0.2) is 18.4 Å². The van der Waals surface area contributed by atoms with Crippen molar-refractivity contribution >= 4 is 11.8 Å². The fraction of sp³-hybridized carbons (Fsp3) is 0.733. The van der Waals surface area contributed by atoms with Gasteiger partial charge in [-0.05, 0) is 39.5 Å². The van der Waals surface area contributed by atoms with Gasteiger partial charge in [-0.3, -0.25) is 9.59 Å². The molecule has 18 heavy (non-hydrogen) atoms. The predicted octanol–water partition coefficient (Wildman–Crippen LogP) is 3.53. The molecule has 3 nitrogen and oxygen atoms in total. The monoisotopic (exact) mass is 254 g/mol. The van der Waals surface area contributed by atoms with Gasteiger partial charge in [-0.25, -0.2) is 0 Å². The number of Topliss-reactive ketones (excluding diaryl/α,β-unsaturated/α-hetero) is 1. The first-order chi connectivity index (χ1) is 8.43.